The second-order valence-electron chi connectivity index (χ2n) is 15.4. The molecule has 274 valence electrons. The minimum absolute atomic E-state index is 0.00544. The van der Waals surface area contributed by atoms with Crippen LogP contribution in [-0.4, -0.2) is 82.9 Å². The molecule has 0 spiro atoms. The molecule has 1 saturated carbocycles. The lowest BCUT2D eigenvalue weighted by molar-refractivity contribution is 0.0922. The Labute approximate surface area is 308 Å². The van der Waals surface area contributed by atoms with Crippen LogP contribution in [0.1, 0.15) is 89.2 Å². The van der Waals surface area contributed by atoms with Gasteiger partial charge in [0.2, 0.25) is 5.95 Å². The van der Waals surface area contributed by atoms with Crippen LogP contribution < -0.4 is 21.1 Å². The van der Waals surface area contributed by atoms with E-state index in [2.05, 4.69) is 115 Å². The third-order valence-corrected chi connectivity index (χ3v) is 17.6. The molecule has 12 heteroatoms. The number of benzene rings is 1. The van der Waals surface area contributed by atoms with Crippen molar-refractivity contribution in [3.63, 3.8) is 0 Å². The fraction of sp³-hybridized carbons (Fsp3) is 0.500. The van der Waals surface area contributed by atoms with Gasteiger partial charge in [-0.2, -0.15) is 15.2 Å². The molecule has 2 N–H and O–H groups in total. The van der Waals surface area contributed by atoms with Crippen molar-refractivity contribution < 1.29 is 4.79 Å². The largest absolute Gasteiger partial charge is 0.369 e. The van der Waals surface area contributed by atoms with Crippen LogP contribution in [0.15, 0.2) is 59.8 Å². The van der Waals surface area contributed by atoms with Crippen LogP contribution in [-0.2, 0) is 0 Å². The van der Waals surface area contributed by atoms with E-state index in [0.717, 1.165) is 62.9 Å². The molecule has 1 amide bonds. The Balaban J connectivity index is 1.32. The number of amides is 1. The highest BCUT2D eigenvalue weighted by Gasteiger charge is 2.41. The Morgan fingerprint density at radius 3 is 2.17 bits per heavy atom. The molecule has 1 aliphatic carbocycles. The molecular formula is C40H53N9O2Si. The van der Waals surface area contributed by atoms with Gasteiger partial charge in [0.1, 0.15) is 13.7 Å². The molecule has 0 radical (unpaired) electrons. The van der Waals surface area contributed by atoms with Crippen molar-refractivity contribution in [3.8, 4) is 11.5 Å². The zero-order chi connectivity index (χ0) is 37.0. The summed E-state index contributed by atoms with van der Waals surface area (Å²) in [7, 11) is 0.101. The Bertz CT molecular complexity index is 1950. The third kappa shape index (κ3) is 7.90. The summed E-state index contributed by atoms with van der Waals surface area (Å²) in [6, 6.07) is 11.7. The molecule has 2 aliphatic rings. The number of carbonyl (C=O) groups is 1. The van der Waals surface area contributed by atoms with Gasteiger partial charge < -0.3 is 20.4 Å². The molecule has 52 heavy (non-hydrogen) atoms. The van der Waals surface area contributed by atoms with E-state index in [4.69, 9.17) is 9.97 Å². The lowest BCUT2D eigenvalue weighted by Gasteiger charge is -2.38. The van der Waals surface area contributed by atoms with Gasteiger partial charge in [0.05, 0.1) is 23.3 Å². The first-order valence-corrected chi connectivity index (χ1v) is 21.0. The monoisotopic (exact) mass is 719 g/mol. The van der Waals surface area contributed by atoms with Gasteiger partial charge in [0.15, 0.2) is 0 Å². The standard InChI is InChI=1S/C40H53N9O2Si/c1-27(2)52(28(3)4,29(5)6)23-17-30-24-37(50)49(35-14-10-32(11-15-35)44-39(51)31-16-18-42-43-25-31)38-36(30)26-41-40(46-38)45-33-8-12-34(13-9-33)48-21-19-47(7)20-22-48/h8-9,12-13,16,18,24-29,32,35H,10-11,14-15,19-22H2,1-7H3,(H,44,51)(H,41,45,46). The van der Waals surface area contributed by atoms with Gasteiger partial charge in [-0.15, -0.1) is 5.54 Å². The number of nitrogens with one attached hydrogen (secondary N) is 2. The van der Waals surface area contributed by atoms with E-state index in [1.54, 1.807) is 12.1 Å². The molecule has 2 fully saturated rings. The molecule has 11 nitrogen and oxygen atoms in total. The molecule has 0 unspecified atom stereocenters. The smallest absolute Gasteiger partial charge is 0.253 e. The van der Waals surface area contributed by atoms with Gasteiger partial charge in [-0.3, -0.25) is 14.2 Å². The Kier molecular flexibility index (Phi) is 11.4. The summed E-state index contributed by atoms with van der Waals surface area (Å²) in [5.41, 5.74) is 8.93. The third-order valence-electron chi connectivity index (χ3n) is 11.3. The number of carbonyl (C=O) groups excluding carboxylic acids is 1. The number of aromatic nitrogens is 5. The highest BCUT2D eigenvalue weighted by Crippen LogP contribution is 2.41. The van der Waals surface area contributed by atoms with Gasteiger partial charge in [-0.05, 0) is 79.7 Å². The quantitative estimate of drug-likeness (QED) is 0.146. The summed E-state index contributed by atoms with van der Waals surface area (Å²) in [5, 5.41) is 14.9. The molecular weight excluding hydrogens is 667 g/mol. The minimum atomic E-state index is -2.06. The number of hydrogen-bond donors (Lipinski definition) is 2. The number of piperazine rings is 1. The van der Waals surface area contributed by atoms with E-state index in [1.807, 2.05) is 10.8 Å². The van der Waals surface area contributed by atoms with Gasteiger partial charge >= 0.3 is 0 Å². The molecule has 3 aromatic heterocycles. The fourth-order valence-corrected chi connectivity index (χ4v) is 13.6. The summed E-state index contributed by atoms with van der Waals surface area (Å²) < 4.78 is 1.84. The van der Waals surface area contributed by atoms with E-state index in [0.29, 0.717) is 39.3 Å². The predicted octanol–water partition coefficient (Wildman–Crippen LogP) is 6.56. The van der Waals surface area contributed by atoms with Crippen LogP contribution in [0.2, 0.25) is 16.6 Å². The Hall–Kier alpha value is -4.60. The highest BCUT2D eigenvalue weighted by atomic mass is 28.3. The lowest BCUT2D eigenvalue weighted by Crippen LogP contribution is -2.44. The molecule has 1 saturated heterocycles. The van der Waals surface area contributed by atoms with Gasteiger partial charge in [-0.1, -0.05) is 47.5 Å². The summed E-state index contributed by atoms with van der Waals surface area (Å²) in [6.07, 6.45) is 7.75. The van der Waals surface area contributed by atoms with Gasteiger partial charge in [-0.25, -0.2) is 4.98 Å². The number of rotatable bonds is 9. The van der Waals surface area contributed by atoms with Crippen molar-refractivity contribution in [2.24, 2.45) is 0 Å². The summed E-state index contributed by atoms with van der Waals surface area (Å²) >= 11 is 0. The number of anilines is 3. The summed E-state index contributed by atoms with van der Waals surface area (Å²) in [5.74, 6) is 3.80. The van der Waals surface area contributed by atoms with Crippen LogP contribution in [0, 0.1) is 11.5 Å². The fourth-order valence-electron chi connectivity index (χ4n) is 8.37. The second kappa shape index (κ2) is 16.0. The average molecular weight is 720 g/mol. The zero-order valence-corrected chi connectivity index (χ0v) is 32.7. The van der Waals surface area contributed by atoms with Crippen LogP contribution in [0.3, 0.4) is 0 Å². The van der Waals surface area contributed by atoms with E-state index in [9.17, 15) is 9.59 Å². The normalized spacial score (nSPS) is 18.5. The summed E-state index contributed by atoms with van der Waals surface area (Å²) in [4.78, 5) is 41.5. The topological polar surface area (TPSA) is 121 Å². The van der Waals surface area contributed by atoms with Gasteiger partial charge in [0.25, 0.3) is 11.5 Å². The first-order valence-electron chi connectivity index (χ1n) is 18.8. The zero-order valence-electron chi connectivity index (χ0n) is 31.7. The minimum Gasteiger partial charge on any atom is -0.369 e. The predicted molar refractivity (Wildman–Crippen MR) is 212 cm³/mol. The van der Waals surface area contributed by atoms with Crippen molar-refractivity contribution in [2.75, 3.05) is 43.4 Å². The number of fused-ring (bicyclic) bond motifs is 1. The number of likely N-dealkylation sites (N-methyl/N-ethyl adjacent to an activating group) is 1. The van der Waals surface area contributed by atoms with E-state index in [-0.39, 0.29) is 23.6 Å². The Morgan fingerprint density at radius 2 is 1.56 bits per heavy atom. The summed E-state index contributed by atoms with van der Waals surface area (Å²) in [6.45, 7) is 17.9. The van der Waals surface area contributed by atoms with Crippen molar-refractivity contribution >= 4 is 42.3 Å². The maximum atomic E-state index is 14.1. The maximum Gasteiger partial charge on any atom is 0.253 e. The maximum absolute atomic E-state index is 14.1. The van der Waals surface area contributed by atoms with E-state index in [1.165, 1.54) is 18.1 Å². The second-order valence-corrected chi connectivity index (χ2v) is 21.0. The Morgan fingerprint density at radius 1 is 0.885 bits per heavy atom. The van der Waals surface area contributed by atoms with Crippen LogP contribution in [0.25, 0.3) is 11.0 Å². The van der Waals surface area contributed by atoms with Crippen LogP contribution in [0.4, 0.5) is 17.3 Å². The molecule has 0 bridgehead atoms. The molecule has 6 rings (SSSR count). The molecule has 1 aliphatic heterocycles. The molecule has 1 aromatic carbocycles. The average Bonchev–Trinajstić information content (AvgIpc) is 3.13. The van der Waals surface area contributed by atoms with Crippen molar-refractivity contribution in [1.82, 2.24) is 34.9 Å². The first kappa shape index (κ1) is 37.2. The lowest BCUT2D eigenvalue weighted by atomic mass is 9.90. The number of nitrogens with zero attached hydrogens (tertiary/aromatic N) is 7. The highest BCUT2D eigenvalue weighted by molar-refractivity contribution is 6.90. The van der Waals surface area contributed by atoms with E-state index >= 15 is 0 Å². The first-order chi connectivity index (χ1) is 25.0. The van der Waals surface area contributed by atoms with E-state index < -0.39 is 8.07 Å². The van der Waals surface area contributed by atoms with Crippen molar-refractivity contribution in [3.05, 3.63) is 76.5 Å². The number of hydrogen-bond acceptors (Lipinski definition) is 9. The number of pyridine rings is 1. The van der Waals surface area contributed by atoms with Crippen molar-refractivity contribution in [2.45, 2.75) is 95.9 Å². The molecule has 0 atom stereocenters. The van der Waals surface area contributed by atoms with Crippen molar-refractivity contribution in [1.29, 1.82) is 0 Å². The molecule has 4 aromatic rings. The SMILES string of the molecule is CC(C)[Si](C#Cc1cc(=O)n(C2CCC(NC(=O)c3ccnnc3)CC2)c2nc(Nc3ccc(N4CCN(C)CC4)cc3)ncc12)(C(C)C)C(C)C. The van der Waals surface area contributed by atoms with Crippen LogP contribution in [0.5, 0.6) is 0 Å². The van der Waals surface area contributed by atoms with Crippen LogP contribution >= 0.6 is 0 Å². The van der Waals surface area contributed by atoms with Gasteiger partial charge in [0, 0.05) is 67.5 Å². The molecule has 4 heterocycles.